The summed E-state index contributed by atoms with van der Waals surface area (Å²) in [6.07, 6.45) is 2.26. The number of carboxylic acid groups (broad SMARTS) is 1. The van der Waals surface area contributed by atoms with E-state index >= 15 is 0 Å². The first-order chi connectivity index (χ1) is 10.4. The van der Waals surface area contributed by atoms with Crippen LogP contribution >= 0.6 is 0 Å². The summed E-state index contributed by atoms with van der Waals surface area (Å²) in [6, 6.07) is 0. The van der Waals surface area contributed by atoms with E-state index in [1.54, 1.807) is 13.8 Å². The van der Waals surface area contributed by atoms with Crippen LogP contribution in [0.1, 0.15) is 39.5 Å². The molecule has 0 spiro atoms. The van der Waals surface area contributed by atoms with Gasteiger partial charge in [-0.15, -0.1) is 0 Å². The molecular formula is C15H27NO6. The molecule has 0 radical (unpaired) electrons. The highest BCUT2D eigenvalue weighted by molar-refractivity contribution is 5.82. The van der Waals surface area contributed by atoms with Crippen molar-refractivity contribution in [1.29, 1.82) is 0 Å². The minimum absolute atomic E-state index is 0.0355. The molecule has 1 aliphatic heterocycles. The van der Waals surface area contributed by atoms with Crippen LogP contribution in [0.2, 0.25) is 0 Å². The molecule has 1 fully saturated rings. The zero-order chi connectivity index (χ0) is 16.6. The fraction of sp³-hybridized carbons (Fsp3) is 0.867. The topological polar surface area (TPSA) is 94.1 Å². The van der Waals surface area contributed by atoms with E-state index in [1.165, 1.54) is 7.11 Å². The number of carbonyl (C=O) groups excluding carboxylic acids is 1. The maximum atomic E-state index is 12.2. The van der Waals surface area contributed by atoms with Gasteiger partial charge in [0.25, 0.3) is 0 Å². The van der Waals surface area contributed by atoms with Gasteiger partial charge in [-0.3, -0.25) is 9.59 Å². The van der Waals surface area contributed by atoms with Gasteiger partial charge in [0.05, 0.1) is 31.3 Å². The molecule has 7 heteroatoms. The highest BCUT2D eigenvalue weighted by atomic mass is 16.5. The Hall–Kier alpha value is -1.18. The van der Waals surface area contributed by atoms with Gasteiger partial charge in [-0.2, -0.15) is 0 Å². The predicted molar refractivity (Wildman–Crippen MR) is 79.7 cm³/mol. The van der Waals surface area contributed by atoms with E-state index in [-0.39, 0.29) is 25.0 Å². The molecule has 1 rings (SSSR count). The second-order valence-corrected chi connectivity index (χ2v) is 6.02. The summed E-state index contributed by atoms with van der Waals surface area (Å²) < 4.78 is 16.1. The first kappa shape index (κ1) is 18.9. The average Bonchev–Trinajstić information content (AvgIpc) is 2.44. The molecule has 3 unspecified atom stereocenters. The molecule has 128 valence electrons. The van der Waals surface area contributed by atoms with Crippen LogP contribution in [0.4, 0.5) is 0 Å². The van der Waals surface area contributed by atoms with Crippen molar-refractivity contribution in [3.63, 3.8) is 0 Å². The number of rotatable bonds is 9. The maximum absolute atomic E-state index is 12.2. The lowest BCUT2D eigenvalue weighted by molar-refractivity contribution is -0.142. The lowest BCUT2D eigenvalue weighted by Crippen LogP contribution is -2.53. The highest BCUT2D eigenvalue weighted by Crippen LogP contribution is 2.14. The van der Waals surface area contributed by atoms with Gasteiger partial charge >= 0.3 is 5.97 Å². The number of carbonyl (C=O) groups is 2. The van der Waals surface area contributed by atoms with E-state index in [0.29, 0.717) is 6.61 Å². The van der Waals surface area contributed by atoms with Crippen molar-refractivity contribution in [1.82, 2.24) is 5.32 Å². The monoisotopic (exact) mass is 317 g/mol. The summed E-state index contributed by atoms with van der Waals surface area (Å²) in [5.41, 5.74) is -0.962. The third kappa shape index (κ3) is 6.72. The van der Waals surface area contributed by atoms with Gasteiger partial charge in [0.15, 0.2) is 0 Å². The Morgan fingerprint density at radius 3 is 2.73 bits per heavy atom. The molecule has 0 aliphatic carbocycles. The molecule has 1 aliphatic rings. The van der Waals surface area contributed by atoms with Gasteiger partial charge in [-0.1, -0.05) is 0 Å². The molecule has 0 aromatic carbocycles. The van der Waals surface area contributed by atoms with Crippen LogP contribution in [-0.2, 0) is 23.8 Å². The molecule has 0 aromatic heterocycles. The maximum Gasteiger partial charge on any atom is 0.305 e. The SMILES string of the molecule is COCC(C)(CC(=O)O)NC(=O)C(C)OCC1CCCCO1. The zero-order valence-electron chi connectivity index (χ0n) is 13.6. The average molecular weight is 317 g/mol. The minimum Gasteiger partial charge on any atom is -0.481 e. The quantitative estimate of drug-likeness (QED) is 0.658. The fourth-order valence-electron chi connectivity index (χ4n) is 2.45. The van der Waals surface area contributed by atoms with Gasteiger partial charge < -0.3 is 24.6 Å². The Morgan fingerprint density at radius 1 is 1.45 bits per heavy atom. The molecule has 3 atom stereocenters. The van der Waals surface area contributed by atoms with E-state index in [2.05, 4.69) is 5.32 Å². The normalized spacial score (nSPS) is 22.6. The van der Waals surface area contributed by atoms with E-state index < -0.39 is 17.6 Å². The minimum atomic E-state index is -0.996. The third-order valence-electron chi connectivity index (χ3n) is 3.60. The standard InChI is InChI=1S/C15H27NO6/c1-11(22-9-12-6-4-5-7-21-12)14(19)16-15(2,10-20-3)8-13(17)18/h11-12H,4-10H2,1-3H3,(H,16,19)(H,17,18). The van der Waals surface area contributed by atoms with Crippen LogP contribution in [-0.4, -0.2) is 61.7 Å². The molecule has 7 nitrogen and oxygen atoms in total. The first-order valence-electron chi connectivity index (χ1n) is 7.62. The molecule has 2 N–H and O–H groups in total. The second kappa shape index (κ2) is 9.07. The number of ether oxygens (including phenoxy) is 3. The summed E-state index contributed by atoms with van der Waals surface area (Å²) in [5, 5.41) is 11.6. The molecule has 0 aromatic rings. The van der Waals surface area contributed by atoms with E-state index in [1.807, 2.05) is 0 Å². The van der Waals surface area contributed by atoms with Crippen LogP contribution < -0.4 is 5.32 Å². The largest absolute Gasteiger partial charge is 0.481 e. The third-order valence-corrected chi connectivity index (χ3v) is 3.60. The van der Waals surface area contributed by atoms with Crippen molar-refractivity contribution in [3.8, 4) is 0 Å². The van der Waals surface area contributed by atoms with E-state index in [4.69, 9.17) is 19.3 Å². The lowest BCUT2D eigenvalue weighted by Gasteiger charge is -2.30. The molecular weight excluding hydrogens is 290 g/mol. The summed E-state index contributed by atoms with van der Waals surface area (Å²) in [7, 11) is 1.46. The fourth-order valence-corrected chi connectivity index (χ4v) is 2.45. The Morgan fingerprint density at radius 2 is 2.18 bits per heavy atom. The number of carboxylic acids is 1. The summed E-state index contributed by atoms with van der Waals surface area (Å²) >= 11 is 0. The van der Waals surface area contributed by atoms with Gasteiger partial charge in [-0.05, 0) is 33.1 Å². The van der Waals surface area contributed by atoms with Crippen molar-refractivity contribution < 1.29 is 28.9 Å². The smallest absolute Gasteiger partial charge is 0.305 e. The molecule has 1 heterocycles. The van der Waals surface area contributed by atoms with Crippen molar-refractivity contribution in [2.75, 3.05) is 26.9 Å². The Labute approximate surface area is 131 Å². The van der Waals surface area contributed by atoms with Crippen molar-refractivity contribution in [2.24, 2.45) is 0 Å². The van der Waals surface area contributed by atoms with Gasteiger partial charge in [0.2, 0.25) is 5.91 Å². The Kier molecular flexibility index (Phi) is 7.78. The Balaban J connectivity index is 2.44. The number of aliphatic carboxylic acids is 1. The number of nitrogens with one attached hydrogen (secondary N) is 1. The molecule has 0 saturated carbocycles. The molecule has 0 bridgehead atoms. The highest BCUT2D eigenvalue weighted by Gasteiger charge is 2.31. The van der Waals surface area contributed by atoms with E-state index in [0.717, 1.165) is 25.9 Å². The molecule has 1 amide bonds. The second-order valence-electron chi connectivity index (χ2n) is 6.02. The summed E-state index contributed by atoms with van der Waals surface area (Å²) in [6.45, 7) is 4.50. The number of methoxy groups -OCH3 is 1. The van der Waals surface area contributed by atoms with Crippen LogP contribution in [0.5, 0.6) is 0 Å². The number of hydrogen-bond donors (Lipinski definition) is 2. The van der Waals surface area contributed by atoms with Crippen LogP contribution in [0.25, 0.3) is 0 Å². The van der Waals surface area contributed by atoms with Gasteiger partial charge in [0.1, 0.15) is 6.10 Å². The van der Waals surface area contributed by atoms with Crippen molar-refractivity contribution in [3.05, 3.63) is 0 Å². The zero-order valence-corrected chi connectivity index (χ0v) is 13.6. The summed E-state index contributed by atoms with van der Waals surface area (Å²) in [4.78, 5) is 23.1. The van der Waals surface area contributed by atoms with Gasteiger partial charge in [-0.25, -0.2) is 0 Å². The van der Waals surface area contributed by atoms with Crippen LogP contribution in [0.3, 0.4) is 0 Å². The first-order valence-corrected chi connectivity index (χ1v) is 7.62. The van der Waals surface area contributed by atoms with E-state index in [9.17, 15) is 9.59 Å². The van der Waals surface area contributed by atoms with Crippen molar-refractivity contribution >= 4 is 11.9 Å². The molecule has 1 saturated heterocycles. The summed E-state index contributed by atoms with van der Waals surface area (Å²) in [5.74, 6) is -1.35. The predicted octanol–water partition coefficient (Wildman–Crippen LogP) is 0.957. The lowest BCUT2D eigenvalue weighted by atomic mass is 9.98. The van der Waals surface area contributed by atoms with Crippen molar-refractivity contribution in [2.45, 2.75) is 57.3 Å². The van der Waals surface area contributed by atoms with Crippen LogP contribution in [0.15, 0.2) is 0 Å². The number of hydrogen-bond acceptors (Lipinski definition) is 5. The number of amides is 1. The van der Waals surface area contributed by atoms with Crippen LogP contribution in [0, 0.1) is 0 Å². The Bertz CT molecular complexity index is 369. The molecule has 22 heavy (non-hydrogen) atoms. The van der Waals surface area contributed by atoms with Gasteiger partial charge in [0, 0.05) is 13.7 Å².